The number of nitrogens with two attached hydrogens (primary N) is 1. The molecule has 0 heterocycles. The fourth-order valence-electron chi connectivity index (χ4n) is 2.00. The van der Waals surface area contributed by atoms with Crippen LogP contribution in [0, 0.1) is 6.92 Å². The van der Waals surface area contributed by atoms with Crippen molar-refractivity contribution in [2.24, 2.45) is 0 Å². The Bertz CT molecular complexity index is 606. The number of aryl methyl sites for hydroxylation is 1. The quantitative estimate of drug-likeness (QED) is 0.629. The molecule has 0 atom stereocenters. The van der Waals surface area contributed by atoms with Gasteiger partial charge in [0.2, 0.25) is 5.75 Å². The number of methoxy groups -OCH3 is 2. The second-order valence-electron chi connectivity index (χ2n) is 4.71. The second-order valence-corrected chi connectivity index (χ2v) is 4.71. The molecule has 0 spiro atoms. The SMILES string of the molecule is COc1cccc(OC)c1OCCOc1ccc(N)c(C)c1. The standard InChI is InChI=1S/C17H21NO4/c1-12-11-13(7-8-14(12)18)21-9-10-22-17-15(19-2)5-4-6-16(17)20-3/h4-8,11H,9-10,18H2,1-3H3. The topological polar surface area (TPSA) is 62.9 Å². The van der Waals surface area contributed by atoms with Crippen LogP contribution < -0.4 is 24.7 Å². The van der Waals surface area contributed by atoms with E-state index in [-0.39, 0.29) is 0 Å². The Balaban J connectivity index is 1.92. The van der Waals surface area contributed by atoms with Crippen molar-refractivity contribution in [3.63, 3.8) is 0 Å². The first-order valence-electron chi connectivity index (χ1n) is 6.98. The molecule has 0 aromatic heterocycles. The van der Waals surface area contributed by atoms with E-state index in [9.17, 15) is 0 Å². The normalized spacial score (nSPS) is 10.1. The summed E-state index contributed by atoms with van der Waals surface area (Å²) in [6.07, 6.45) is 0. The van der Waals surface area contributed by atoms with E-state index in [1.807, 2.05) is 43.3 Å². The highest BCUT2D eigenvalue weighted by molar-refractivity contribution is 5.51. The predicted molar refractivity (Wildman–Crippen MR) is 86.1 cm³/mol. The molecule has 0 aliphatic carbocycles. The third-order valence-corrected chi connectivity index (χ3v) is 3.22. The van der Waals surface area contributed by atoms with Gasteiger partial charge in [0.15, 0.2) is 11.5 Å². The molecule has 0 aliphatic heterocycles. The van der Waals surface area contributed by atoms with E-state index in [1.165, 1.54) is 0 Å². The third kappa shape index (κ3) is 3.75. The van der Waals surface area contributed by atoms with E-state index >= 15 is 0 Å². The van der Waals surface area contributed by atoms with E-state index in [0.717, 1.165) is 17.0 Å². The molecule has 22 heavy (non-hydrogen) atoms. The number of hydrogen-bond donors (Lipinski definition) is 1. The first-order chi connectivity index (χ1) is 10.7. The highest BCUT2D eigenvalue weighted by atomic mass is 16.6. The van der Waals surface area contributed by atoms with E-state index in [1.54, 1.807) is 14.2 Å². The van der Waals surface area contributed by atoms with Crippen molar-refractivity contribution in [2.45, 2.75) is 6.92 Å². The minimum atomic E-state index is 0.375. The first-order valence-corrected chi connectivity index (χ1v) is 6.98. The molecule has 118 valence electrons. The van der Waals surface area contributed by atoms with Crippen LogP contribution >= 0.6 is 0 Å². The lowest BCUT2D eigenvalue weighted by molar-refractivity contribution is 0.205. The molecule has 2 N–H and O–H groups in total. The lowest BCUT2D eigenvalue weighted by Crippen LogP contribution is -2.10. The number of rotatable bonds is 7. The van der Waals surface area contributed by atoms with E-state index < -0.39 is 0 Å². The first kappa shape index (κ1) is 15.8. The molecule has 2 rings (SSSR count). The van der Waals surface area contributed by atoms with Crippen LogP contribution in [0.25, 0.3) is 0 Å². The zero-order valence-corrected chi connectivity index (χ0v) is 13.1. The van der Waals surface area contributed by atoms with Crippen LogP contribution in [0.1, 0.15) is 5.56 Å². The van der Waals surface area contributed by atoms with Gasteiger partial charge in [0, 0.05) is 5.69 Å². The number of para-hydroxylation sites is 1. The van der Waals surface area contributed by atoms with Gasteiger partial charge in [-0.15, -0.1) is 0 Å². The number of nitrogen functional groups attached to an aromatic ring is 1. The number of benzene rings is 2. The summed E-state index contributed by atoms with van der Waals surface area (Å²) in [5.74, 6) is 2.59. The van der Waals surface area contributed by atoms with Gasteiger partial charge in [0.1, 0.15) is 19.0 Å². The van der Waals surface area contributed by atoms with Crippen molar-refractivity contribution >= 4 is 5.69 Å². The second kappa shape index (κ2) is 7.45. The van der Waals surface area contributed by atoms with Crippen molar-refractivity contribution in [1.82, 2.24) is 0 Å². The van der Waals surface area contributed by atoms with Crippen LogP contribution in [-0.4, -0.2) is 27.4 Å². The molecule has 0 radical (unpaired) electrons. The molecule has 0 unspecified atom stereocenters. The van der Waals surface area contributed by atoms with Crippen LogP contribution in [0.3, 0.4) is 0 Å². The Morgan fingerprint density at radius 3 is 2.14 bits per heavy atom. The maximum absolute atomic E-state index is 5.78. The Kier molecular flexibility index (Phi) is 5.36. The van der Waals surface area contributed by atoms with Crippen LogP contribution in [0.5, 0.6) is 23.0 Å². The highest BCUT2D eigenvalue weighted by Crippen LogP contribution is 2.36. The number of hydrogen-bond acceptors (Lipinski definition) is 5. The molecule has 0 bridgehead atoms. The zero-order chi connectivity index (χ0) is 15.9. The molecule has 5 nitrogen and oxygen atoms in total. The Morgan fingerprint density at radius 2 is 1.55 bits per heavy atom. The number of ether oxygens (including phenoxy) is 4. The average molecular weight is 303 g/mol. The molecule has 2 aromatic carbocycles. The summed E-state index contributed by atoms with van der Waals surface area (Å²) in [6.45, 7) is 2.73. The monoisotopic (exact) mass is 303 g/mol. The Morgan fingerprint density at radius 1 is 0.909 bits per heavy atom. The van der Waals surface area contributed by atoms with Gasteiger partial charge in [-0.25, -0.2) is 0 Å². The fourth-order valence-corrected chi connectivity index (χ4v) is 2.00. The van der Waals surface area contributed by atoms with E-state index in [0.29, 0.717) is 30.5 Å². The summed E-state index contributed by atoms with van der Waals surface area (Å²) >= 11 is 0. The van der Waals surface area contributed by atoms with Crippen LogP contribution in [0.2, 0.25) is 0 Å². The van der Waals surface area contributed by atoms with Crippen LogP contribution in [0.15, 0.2) is 36.4 Å². The summed E-state index contributed by atoms with van der Waals surface area (Å²) in [5, 5.41) is 0. The van der Waals surface area contributed by atoms with Gasteiger partial charge in [-0.3, -0.25) is 0 Å². The molecule has 5 heteroatoms. The molecular weight excluding hydrogens is 282 g/mol. The Labute approximate surface area is 130 Å². The molecular formula is C17H21NO4. The van der Waals surface area contributed by atoms with Gasteiger partial charge in [-0.1, -0.05) is 6.07 Å². The van der Waals surface area contributed by atoms with Crippen molar-refractivity contribution in [2.75, 3.05) is 33.2 Å². The van der Waals surface area contributed by atoms with Crippen molar-refractivity contribution in [3.8, 4) is 23.0 Å². The van der Waals surface area contributed by atoms with Gasteiger partial charge in [0.05, 0.1) is 14.2 Å². The van der Waals surface area contributed by atoms with Crippen LogP contribution in [0.4, 0.5) is 5.69 Å². The van der Waals surface area contributed by atoms with Gasteiger partial charge in [0.25, 0.3) is 0 Å². The van der Waals surface area contributed by atoms with Crippen LogP contribution in [-0.2, 0) is 0 Å². The third-order valence-electron chi connectivity index (χ3n) is 3.22. The van der Waals surface area contributed by atoms with E-state index in [2.05, 4.69) is 0 Å². The lowest BCUT2D eigenvalue weighted by Gasteiger charge is -2.14. The average Bonchev–Trinajstić information content (AvgIpc) is 2.54. The van der Waals surface area contributed by atoms with Gasteiger partial charge >= 0.3 is 0 Å². The summed E-state index contributed by atoms with van der Waals surface area (Å²) in [6, 6.07) is 11.1. The maximum Gasteiger partial charge on any atom is 0.203 e. The van der Waals surface area contributed by atoms with Gasteiger partial charge in [-0.05, 0) is 42.8 Å². The van der Waals surface area contributed by atoms with Gasteiger partial charge < -0.3 is 24.7 Å². The smallest absolute Gasteiger partial charge is 0.203 e. The predicted octanol–water partition coefficient (Wildman–Crippen LogP) is 3.05. The molecule has 0 aliphatic rings. The molecule has 0 saturated heterocycles. The molecule has 0 saturated carbocycles. The summed E-state index contributed by atoms with van der Waals surface area (Å²) < 4.78 is 21.9. The minimum absolute atomic E-state index is 0.375. The van der Waals surface area contributed by atoms with Crippen molar-refractivity contribution in [3.05, 3.63) is 42.0 Å². The van der Waals surface area contributed by atoms with Crippen molar-refractivity contribution in [1.29, 1.82) is 0 Å². The highest BCUT2D eigenvalue weighted by Gasteiger charge is 2.11. The lowest BCUT2D eigenvalue weighted by atomic mass is 10.2. The maximum atomic E-state index is 5.78. The zero-order valence-electron chi connectivity index (χ0n) is 13.1. The summed E-state index contributed by atoms with van der Waals surface area (Å²) in [4.78, 5) is 0. The number of anilines is 1. The minimum Gasteiger partial charge on any atom is -0.493 e. The Hall–Kier alpha value is -2.56. The molecule has 2 aromatic rings. The van der Waals surface area contributed by atoms with Crippen molar-refractivity contribution < 1.29 is 18.9 Å². The fraction of sp³-hybridized carbons (Fsp3) is 0.294. The molecule has 0 fully saturated rings. The summed E-state index contributed by atoms with van der Waals surface area (Å²) in [5.41, 5.74) is 7.52. The van der Waals surface area contributed by atoms with E-state index in [4.69, 9.17) is 24.7 Å². The largest absolute Gasteiger partial charge is 0.493 e. The summed E-state index contributed by atoms with van der Waals surface area (Å²) in [7, 11) is 3.19. The molecule has 0 amide bonds. The van der Waals surface area contributed by atoms with Gasteiger partial charge in [-0.2, -0.15) is 0 Å².